The monoisotopic (exact) mass is 485 g/mol. The predicted octanol–water partition coefficient (Wildman–Crippen LogP) is 4.46. The molecule has 0 aliphatic carbocycles. The highest BCUT2D eigenvalue weighted by Gasteiger charge is 2.28. The zero-order chi connectivity index (χ0) is 25.1. The number of ether oxygens (including phenoxy) is 2. The van der Waals surface area contributed by atoms with E-state index in [1.165, 1.54) is 0 Å². The zero-order valence-corrected chi connectivity index (χ0v) is 20.9. The summed E-state index contributed by atoms with van der Waals surface area (Å²) >= 11 is 0. The summed E-state index contributed by atoms with van der Waals surface area (Å²) in [5.41, 5.74) is 3.56. The molecular weight excluding hydrogens is 454 g/mol. The first kappa shape index (κ1) is 23.7. The Labute approximate surface area is 211 Å². The van der Waals surface area contributed by atoms with Crippen LogP contribution >= 0.6 is 0 Å². The molecule has 8 nitrogen and oxygen atoms in total. The van der Waals surface area contributed by atoms with E-state index in [9.17, 15) is 4.79 Å². The van der Waals surface area contributed by atoms with Gasteiger partial charge in [-0.25, -0.2) is 9.67 Å². The van der Waals surface area contributed by atoms with Crippen molar-refractivity contribution < 1.29 is 14.3 Å². The number of carbonyl (C=O) groups is 1. The van der Waals surface area contributed by atoms with E-state index >= 15 is 0 Å². The second-order valence-corrected chi connectivity index (χ2v) is 9.09. The second-order valence-electron chi connectivity index (χ2n) is 9.09. The van der Waals surface area contributed by atoms with Gasteiger partial charge in [0, 0.05) is 44.0 Å². The van der Waals surface area contributed by atoms with Gasteiger partial charge in [-0.3, -0.25) is 4.79 Å². The third kappa shape index (κ3) is 4.71. The molecule has 186 valence electrons. The Bertz CT molecular complexity index is 1310. The molecule has 0 spiro atoms. The summed E-state index contributed by atoms with van der Waals surface area (Å²) in [7, 11) is 3.31. The predicted molar refractivity (Wildman–Crippen MR) is 137 cm³/mol. The average molecular weight is 486 g/mol. The molecular formula is C28H31N5O3. The van der Waals surface area contributed by atoms with Crippen LogP contribution in [0.3, 0.4) is 0 Å². The number of carbonyl (C=O) groups excluding carboxylic acids is 1. The first-order valence-electron chi connectivity index (χ1n) is 12.2. The lowest BCUT2D eigenvalue weighted by molar-refractivity contribution is 0.0709. The van der Waals surface area contributed by atoms with E-state index < -0.39 is 0 Å². The molecule has 4 aromatic rings. The summed E-state index contributed by atoms with van der Waals surface area (Å²) in [5, 5.41) is 4.47. The summed E-state index contributed by atoms with van der Waals surface area (Å²) in [6.07, 6.45) is 7.30. The van der Waals surface area contributed by atoms with Crippen LogP contribution in [0.2, 0.25) is 0 Å². The topological polar surface area (TPSA) is 74.4 Å². The number of benzene rings is 2. The Kier molecular flexibility index (Phi) is 6.75. The molecule has 2 aromatic heterocycles. The highest BCUT2D eigenvalue weighted by atomic mass is 16.5. The first-order valence-corrected chi connectivity index (χ1v) is 12.2. The number of amides is 1. The normalized spacial score (nSPS) is 14.1. The molecule has 2 aromatic carbocycles. The number of nitrogens with zero attached hydrogens (tertiary/aromatic N) is 5. The zero-order valence-electron chi connectivity index (χ0n) is 20.9. The van der Waals surface area contributed by atoms with E-state index in [2.05, 4.69) is 14.6 Å². The highest BCUT2D eigenvalue weighted by Crippen LogP contribution is 2.30. The lowest BCUT2D eigenvalue weighted by Crippen LogP contribution is -2.38. The average Bonchev–Trinajstić information content (AvgIpc) is 3.55. The number of aromatic nitrogens is 4. The van der Waals surface area contributed by atoms with Crippen LogP contribution in [0.1, 0.15) is 46.2 Å². The van der Waals surface area contributed by atoms with Crippen molar-refractivity contribution >= 4 is 5.91 Å². The first-order chi connectivity index (χ1) is 17.6. The minimum Gasteiger partial charge on any atom is -0.497 e. The van der Waals surface area contributed by atoms with E-state index in [0.29, 0.717) is 31.1 Å². The molecule has 0 N–H and O–H groups in total. The Morgan fingerprint density at radius 3 is 2.39 bits per heavy atom. The van der Waals surface area contributed by atoms with Crippen molar-refractivity contribution in [1.82, 2.24) is 24.2 Å². The number of imidazole rings is 1. The molecule has 36 heavy (non-hydrogen) atoms. The van der Waals surface area contributed by atoms with Crippen LogP contribution < -0.4 is 9.47 Å². The fourth-order valence-electron chi connectivity index (χ4n) is 4.93. The van der Waals surface area contributed by atoms with Crippen molar-refractivity contribution in [2.45, 2.75) is 32.2 Å². The van der Waals surface area contributed by atoms with Crippen LogP contribution in [0.4, 0.5) is 0 Å². The maximum absolute atomic E-state index is 13.3. The molecule has 1 saturated heterocycles. The molecule has 5 rings (SSSR count). The van der Waals surface area contributed by atoms with Gasteiger partial charge >= 0.3 is 0 Å². The molecule has 1 aliphatic rings. The molecule has 1 fully saturated rings. The maximum atomic E-state index is 13.3. The van der Waals surface area contributed by atoms with Gasteiger partial charge in [0.05, 0.1) is 37.4 Å². The van der Waals surface area contributed by atoms with Crippen LogP contribution in [0, 0.1) is 6.92 Å². The lowest BCUT2D eigenvalue weighted by Gasteiger charge is -2.32. The molecule has 3 heterocycles. The Morgan fingerprint density at radius 1 is 1.03 bits per heavy atom. The minimum atomic E-state index is 0.0416. The van der Waals surface area contributed by atoms with Crippen molar-refractivity contribution in [2.75, 3.05) is 27.3 Å². The fourth-order valence-corrected chi connectivity index (χ4v) is 4.93. The summed E-state index contributed by atoms with van der Waals surface area (Å²) < 4.78 is 14.8. The number of hydrogen-bond donors (Lipinski definition) is 0. The van der Waals surface area contributed by atoms with E-state index in [-0.39, 0.29) is 5.91 Å². The van der Waals surface area contributed by atoms with Crippen LogP contribution in [-0.2, 0) is 6.54 Å². The SMILES string of the molecule is COc1cc(Cn2ccnc2C2CCN(C(=O)c3cnn(-c4ccccc4)c3C)CC2)cc(OC)c1. The number of likely N-dealkylation sites (tertiary alicyclic amines) is 1. The quantitative estimate of drug-likeness (QED) is 0.386. The van der Waals surface area contributed by atoms with Gasteiger partial charge in [0.2, 0.25) is 0 Å². The van der Waals surface area contributed by atoms with Crippen molar-refractivity contribution in [3.8, 4) is 17.2 Å². The Balaban J connectivity index is 1.26. The number of piperidine rings is 1. The fraction of sp³-hybridized carbons (Fsp3) is 0.321. The molecule has 1 aliphatic heterocycles. The largest absolute Gasteiger partial charge is 0.497 e. The van der Waals surface area contributed by atoms with E-state index in [4.69, 9.17) is 9.47 Å². The number of rotatable bonds is 7. The lowest BCUT2D eigenvalue weighted by atomic mass is 9.95. The smallest absolute Gasteiger partial charge is 0.257 e. The summed E-state index contributed by atoms with van der Waals surface area (Å²) in [5.74, 6) is 2.93. The number of para-hydroxylation sites is 1. The van der Waals surface area contributed by atoms with Gasteiger partial charge < -0.3 is 18.9 Å². The van der Waals surface area contributed by atoms with E-state index in [1.54, 1.807) is 20.4 Å². The molecule has 0 bridgehead atoms. The Morgan fingerprint density at radius 2 is 1.72 bits per heavy atom. The van der Waals surface area contributed by atoms with Crippen LogP contribution in [-0.4, -0.2) is 57.4 Å². The Hall–Kier alpha value is -4.07. The van der Waals surface area contributed by atoms with Gasteiger partial charge in [0.15, 0.2) is 0 Å². The molecule has 0 saturated carbocycles. The molecule has 1 amide bonds. The number of methoxy groups -OCH3 is 2. The van der Waals surface area contributed by atoms with E-state index in [0.717, 1.165) is 47.1 Å². The van der Waals surface area contributed by atoms with Crippen LogP contribution in [0.5, 0.6) is 11.5 Å². The summed E-state index contributed by atoms with van der Waals surface area (Å²) in [4.78, 5) is 19.9. The molecule has 8 heteroatoms. The van der Waals surface area contributed by atoms with Crippen molar-refractivity contribution in [3.05, 3.63) is 89.8 Å². The van der Waals surface area contributed by atoms with Gasteiger partial charge in [-0.1, -0.05) is 18.2 Å². The van der Waals surface area contributed by atoms with Crippen LogP contribution in [0.15, 0.2) is 67.1 Å². The summed E-state index contributed by atoms with van der Waals surface area (Å²) in [6, 6.07) is 15.8. The standard InChI is InChI=1S/C28H31N5O3/c1-20-26(18-30-33(20)23-7-5-4-6-8-23)28(34)31-12-9-22(10-13-31)27-29-11-14-32(27)19-21-15-24(35-2)17-25(16-21)36-3/h4-8,11,14-18,22H,9-10,12-13,19H2,1-3H3. The third-order valence-corrected chi connectivity index (χ3v) is 6.90. The number of hydrogen-bond acceptors (Lipinski definition) is 5. The maximum Gasteiger partial charge on any atom is 0.257 e. The molecule has 0 unspecified atom stereocenters. The van der Waals surface area contributed by atoms with Crippen LogP contribution in [0.25, 0.3) is 5.69 Å². The van der Waals surface area contributed by atoms with Crippen molar-refractivity contribution in [2.24, 2.45) is 0 Å². The second kappa shape index (κ2) is 10.3. The third-order valence-electron chi connectivity index (χ3n) is 6.90. The molecule has 0 radical (unpaired) electrons. The van der Waals surface area contributed by atoms with Gasteiger partial charge in [-0.15, -0.1) is 0 Å². The summed E-state index contributed by atoms with van der Waals surface area (Å²) in [6.45, 7) is 4.02. The van der Waals surface area contributed by atoms with Gasteiger partial charge in [-0.2, -0.15) is 5.10 Å². The van der Waals surface area contributed by atoms with Crippen molar-refractivity contribution in [3.63, 3.8) is 0 Å². The highest BCUT2D eigenvalue weighted by molar-refractivity contribution is 5.95. The van der Waals surface area contributed by atoms with Gasteiger partial charge in [-0.05, 0) is 49.6 Å². The van der Waals surface area contributed by atoms with E-state index in [1.807, 2.05) is 77.4 Å². The minimum absolute atomic E-state index is 0.0416. The van der Waals surface area contributed by atoms with Crippen molar-refractivity contribution in [1.29, 1.82) is 0 Å². The molecule has 0 atom stereocenters. The van der Waals surface area contributed by atoms with Gasteiger partial charge in [0.25, 0.3) is 5.91 Å². The van der Waals surface area contributed by atoms with Gasteiger partial charge in [0.1, 0.15) is 17.3 Å².